The molecule has 2 N–H and O–H groups in total. The Balaban J connectivity index is 1.96. The van der Waals surface area contributed by atoms with Gasteiger partial charge >= 0.3 is 12.0 Å². The number of carbonyl (C=O) groups is 2. The Hall–Kier alpha value is -4.21. The zero-order valence-corrected chi connectivity index (χ0v) is 21.3. The molecule has 0 atom stereocenters. The van der Waals surface area contributed by atoms with E-state index in [0.717, 1.165) is 17.0 Å². The normalized spacial score (nSPS) is 11.2. The number of carbonyl (C=O) groups excluding carboxylic acids is 2. The van der Waals surface area contributed by atoms with Crippen LogP contribution in [-0.2, 0) is 16.6 Å². The molecule has 2 amide bonds. The molecule has 1 aromatic heterocycles. The molecule has 0 bridgehead atoms. The van der Waals surface area contributed by atoms with Crippen molar-refractivity contribution < 1.29 is 28.2 Å². The average molecular weight is 514 g/mol. The summed E-state index contributed by atoms with van der Waals surface area (Å²) >= 11 is 0. The molecule has 37 heavy (non-hydrogen) atoms. The van der Waals surface area contributed by atoms with Crippen LogP contribution in [0.4, 0.5) is 25.0 Å². The van der Waals surface area contributed by atoms with E-state index < -0.39 is 40.5 Å². The molecule has 0 radical (unpaired) electrons. The van der Waals surface area contributed by atoms with Gasteiger partial charge in [0.15, 0.2) is 5.69 Å². The zero-order valence-electron chi connectivity index (χ0n) is 21.3. The number of pyridine rings is 1. The number of aromatic nitrogens is 1. The van der Waals surface area contributed by atoms with E-state index in [9.17, 15) is 28.3 Å². The van der Waals surface area contributed by atoms with E-state index in [4.69, 9.17) is 4.74 Å². The topological polar surface area (TPSA) is 101 Å². The molecule has 2 aromatic carbocycles. The fraction of sp³-hybridized carbons (Fsp3) is 0.296. The van der Waals surface area contributed by atoms with E-state index >= 15 is 0 Å². The predicted molar refractivity (Wildman–Crippen MR) is 136 cm³/mol. The van der Waals surface area contributed by atoms with Crippen LogP contribution in [0.25, 0.3) is 11.1 Å². The van der Waals surface area contributed by atoms with Crippen LogP contribution >= 0.6 is 0 Å². The maximum atomic E-state index is 14.3. The number of ether oxygens (including phenoxy) is 1. The summed E-state index contributed by atoms with van der Waals surface area (Å²) in [5.74, 6) is -2.40. The van der Waals surface area contributed by atoms with Gasteiger partial charge in [0, 0.05) is 37.0 Å². The lowest BCUT2D eigenvalue weighted by Crippen LogP contribution is -2.41. The number of aromatic hydroxyl groups is 1. The van der Waals surface area contributed by atoms with Gasteiger partial charge in [-0.15, -0.1) is 0 Å². The van der Waals surface area contributed by atoms with E-state index in [-0.39, 0.29) is 29.9 Å². The van der Waals surface area contributed by atoms with Crippen molar-refractivity contribution in [1.29, 1.82) is 0 Å². The lowest BCUT2D eigenvalue weighted by Gasteiger charge is -2.25. The molecule has 10 heteroatoms. The number of rotatable bonds is 6. The maximum Gasteiger partial charge on any atom is 0.326 e. The van der Waals surface area contributed by atoms with Crippen molar-refractivity contribution in [1.82, 2.24) is 9.88 Å². The minimum Gasteiger partial charge on any atom is -0.505 e. The third kappa shape index (κ3) is 6.52. The van der Waals surface area contributed by atoms with E-state index in [2.05, 4.69) is 5.32 Å². The average Bonchev–Trinajstić information content (AvgIpc) is 2.79. The highest BCUT2D eigenvalue weighted by Gasteiger charge is 2.26. The first kappa shape index (κ1) is 27.4. The van der Waals surface area contributed by atoms with Gasteiger partial charge < -0.3 is 19.7 Å². The fourth-order valence-corrected chi connectivity index (χ4v) is 3.61. The number of amides is 2. The molecule has 1 heterocycles. The molecule has 0 aliphatic rings. The van der Waals surface area contributed by atoms with Gasteiger partial charge in [-0.25, -0.2) is 13.6 Å². The molecule has 0 spiro atoms. The van der Waals surface area contributed by atoms with Gasteiger partial charge in [-0.2, -0.15) is 0 Å². The monoisotopic (exact) mass is 513 g/mol. The Morgan fingerprint density at radius 2 is 1.73 bits per heavy atom. The van der Waals surface area contributed by atoms with Crippen LogP contribution in [0.5, 0.6) is 5.75 Å². The standard InChI is InChI=1S/C27H29F2N3O5/c1-16-14-22(33)24(25(35)31(16)5)32(26(36)30-13-12-23(34)37-27(2,3)4)19-9-6-17(7-10-19)20-11-8-18(28)15-21(20)29/h6-11,14-15,33H,12-13H2,1-5H3,(H,30,36). The van der Waals surface area contributed by atoms with Crippen molar-refractivity contribution in [3.05, 3.63) is 76.2 Å². The van der Waals surface area contributed by atoms with Crippen LogP contribution in [0.15, 0.2) is 53.3 Å². The van der Waals surface area contributed by atoms with Gasteiger partial charge in [-0.1, -0.05) is 12.1 Å². The number of halogens is 2. The molecule has 0 unspecified atom stereocenters. The summed E-state index contributed by atoms with van der Waals surface area (Å²) < 4.78 is 34.1. The summed E-state index contributed by atoms with van der Waals surface area (Å²) in [7, 11) is 1.50. The van der Waals surface area contributed by atoms with E-state index in [1.807, 2.05) is 0 Å². The molecule has 0 saturated heterocycles. The van der Waals surface area contributed by atoms with Gasteiger partial charge in [0.25, 0.3) is 5.56 Å². The van der Waals surface area contributed by atoms with Crippen molar-refractivity contribution in [2.45, 2.75) is 39.7 Å². The minimum absolute atomic E-state index is 0.0872. The number of anilines is 2. The summed E-state index contributed by atoms with van der Waals surface area (Å²) in [4.78, 5) is 39.3. The van der Waals surface area contributed by atoms with Crippen molar-refractivity contribution in [3.8, 4) is 16.9 Å². The van der Waals surface area contributed by atoms with Gasteiger partial charge in [-0.05, 0) is 57.5 Å². The Kier molecular flexibility index (Phi) is 8.00. The van der Waals surface area contributed by atoms with E-state index in [1.54, 1.807) is 27.7 Å². The molecule has 8 nitrogen and oxygen atoms in total. The van der Waals surface area contributed by atoms with Crippen LogP contribution in [-0.4, -0.2) is 33.8 Å². The lowest BCUT2D eigenvalue weighted by atomic mass is 10.0. The molecular weight excluding hydrogens is 484 g/mol. The lowest BCUT2D eigenvalue weighted by molar-refractivity contribution is -0.154. The summed E-state index contributed by atoms with van der Waals surface area (Å²) in [5, 5.41) is 13.2. The highest BCUT2D eigenvalue weighted by atomic mass is 19.1. The van der Waals surface area contributed by atoms with E-state index in [0.29, 0.717) is 11.3 Å². The Morgan fingerprint density at radius 1 is 1.08 bits per heavy atom. The second-order valence-corrected chi connectivity index (χ2v) is 9.46. The third-order valence-electron chi connectivity index (χ3n) is 5.44. The molecule has 0 fully saturated rings. The Bertz CT molecular complexity index is 1380. The first-order valence-electron chi connectivity index (χ1n) is 11.5. The highest BCUT2D eigenvalue weighted by Crippen LogP contribution is 2.33. The molecule has 0 aliphatic heterocycles. The Labute approximate surface area is 213 Å². The van der Waals surface area contributed by atoms with Gasteiger partial charge in [0.2, 0.25) is 0 Å². The first-order valence-corrected chi connectivity index (χ1v) is 11.5. The fourth-order valence-electron chi connectivity index (χ4n) is 3.61. The van der Waals surface area contributed by atoms with Gasteiger partial charge in [0.1, 0.15) is 23.0 Å². The summed E-state index contributed by atoms with van der Waals surface area (Å²) in [6.45, 7) is 6.71. The van der Waals surface area contributed by atoms with Crippen LogP contribution in [0.2, 0.25) is 0 Å². The number of benzene rings is 2. The SMILES string of the molecule is Cc1cc(O)c(N(C(=O)NCCC(=O)OC(C)(C)C)c2ccc(-c3ccc(F)cc3F)cc2)c(=O)n1C. The van der Waals surface area contributed by atoms with Crippen molar-refractivity contribution in [3.63, 3.8) is 0 Å². The van der Waals surface area contributed by atoms with Crippen LogP contribution in [0, 0.1) is 18.6 Å². The van der Waals surface area contributed by atoms with Crippen LogP contribution in [0.3, 0.4) is 0 Å². The first-order chi connectivity index (χ1) is 17.3. The largest absolute Gasteiger partial charge is 0.505 e. The molecule has 3 rings (SSSR count). The highest BCUT2D eigenvalue weighted by molar-refractivity contribution is 6.01. The number of nitrogens with zero attached hydrogens (tertiary/aromatic N) is 2. The zero-order chi connectivity index (χ0) is 27.5. The molecule has 3 aromatic rings. The minimum atomic E-state index is -0.777. The van der Waals surface area contributed by atoms with E-state index in [1.165, 1.54) is 48.0 Å². The predicted octanol–water partition coefficient (Wildman–Crippen LogP) is 4.92. The maximum absolute atomic E-state index is 14.3. The smallest absolute Gasteiger partial charge is 0.326 e. The van der Waals surface area contributed by atoms with Crippen molar-refractivity contribution >= 4 is 23.4 Å². The summed E-state index contributed by atoms with van der Waals surface area (Å²) in [6, 6.07) is 9.69. The Morgan fingerprint density at radius 3 is 2.32 bits per heavy atom. The second-order valence-electron chi connectivity index (χ2n) is 9.46. The molecule has 196 valence electrons. The number of nitrogens with one attached hydrogen (secondary N) is 1. The number of esters is 1. The van der Waals surface area contributed by atoms with Gasteiger partial charge in [-0.3, -0.25) is 14.5 Å². The van der Waals surface area contributed by atoms with Crippen LogP contribution < -0.4 is 15.8 Å². The number of hydrogen-bond acceptors (Lipinski definition) is 5. The molecule has 0 saturated carbocycles. The number of urea groups is 1. The summed E-state index contributed by atoms with van der Waals surface area (Å²) in [5.41, 5.74) is -0.394. The number of aryl methyl sites for hydroxylation is 1. The third-order valence-corrected chi connectivity index (χ3v) is 5.44. The molecular formula is C27H29F2N3O5. The quantitative estimate of drug-likeness (QED) is 0.456. The van der Waals surface area contributed by atoms with Gasteiger partial charge in [0.05, 0.1) is 12.1 Å². The van der Waals surface area contributed by atoms with Crippen molar-refractivity contribution in [2.75, 3.05) is 11.4 Å². The number of hydrogen-bond donors (Lipinski definition) is 2. The second kappa shape index (κ2) is 10.8. The van der Waals surface area contributed by atoms with Crippen molar-refractivity contribution in [2.24, 2.45) is 7.05 Å². The summed E-state index contributed by atoms with van der Waals surface area (Å²) in [6.07, 6.45) is -0.114. The van der Waals surface area contributed by atoms with Crippen LogP contribution in [0.1, 0.15) is 32.9 Å². The molecule has 0 aliphatic carbocycles.